The molecule has 1 aromatic carbocycles. The molecule has 1 atom stereocenters. The number of fused-ring (bicyclic) bond motifs is 4. The molecule has 1 aromatic heterocycles. The third-order valence-corrected chi connectivity index (χ3v) is 7.58. The summed E-state index contributed by atoms with van der Waals surface area (Å²) in [5, 5.41) is 4.56. The summed E-state index contributed by atoms with van der Waals surface area (Å²) in [5.41, 5.74) is 1.49. The average Bonchev–Trinajstić information content (AvgIpc) is 3.01. The maximum absolute atomic E-state index is 13.0. The van der Waals surface area contributed by atoms with Crippen molar-refractivity contribution in [2.75, 3.05) is 13.1 Å². The van der Waals surface area contributed by atoms with Crippen molar-refractivity contribution in [2.45, 2.75) is 64.5 Å². The van der Waals surface area contributed by atoms with Gasteiger partial charge in [0.2, 0.25) is 0 Å². The number of thiophene rings is 1. The molecule has 0 saturated carbocycles. The van der Waals surface area contributed by atoms with Crippen LogP contribution in [-0.4, -0.2) is 35.5 Å². The molecule has 4 heteroatoms. The number of hydrogen-bond donors (Lipinski definition) is 1. The van der Waals surface area contributed by atoms with Crippen molar-refractivity contribution in [1.29, 1.82) is 0 Å². The van der Waals surface area contributed by atoms with Crippen LogP contribution in [0.3, 0.4) is 0 Å². The van der Waals surface area contributed by atoms with Crippen LogP contribution in [0.5, 0.6) is 0 Å². The topological polar surface area (TPSA) is 32.3 Å². The first kappa shape index (κ1) is 18.0. The standard InChI is InChI=1S/C22H30N2OS/c1-21(2,3)16-7-6-15-12-18(26-17(15)13-16)20(25)23-19-14-8-10-24(11-9-14)22(19,4)5/h6-7,12-14,19H,8-11H2,1-5H3,(H,23,25)/t19-/m1/s1. The molecule has 3 fully saturated rings. The maximum atomic E-state index is 13.0. The van der Waals surface area contributed by atoms with Gasteiger partial charge in [-0.2, -0.15) is 0 Å². The van der Waals surface area contributed by atoms with Crippen molar-refractivity contribution in [2.24, 2.45) is 5.92 Å². The first-order chi connectivity index (χ1) is 12.2. The minimum Gasteiger partial charge on any atom is -0.346 e. The molecule has 3 nitrogen and oxygen atoms in total. The van der Waals surface area contributed by atoms with Gasteiger partial charge in [-0.05, 0) is 74.2 Å². The number of amides is 1. The number of nitrogens with one attached hydrogen (secondary N) is 1. The van der Waals surface area contributed by atoms with Gasteiger partial charge in [-0.3, -0.25) is 9.69 Å². The van der Waals surface area contributed by atoms with Crippen LogP contribution in [-0.2, 0) is 5.41 Å². The van der Waals surface area contributed by atoms with Gasteiger partial charge in [-0.15, -0.1) is 11.3 Å². The van der Waals surface area contributed by atoms with Crippen LogP contribution in [0.4, 0.5) is 0 Å². The summed E-state index contributed by atoms with van der Waals surface area (Å²) >= 11 is 1.62. The Labute approximate surface area is 160 Å². The van der Waals surface area contributed by atoms with Crippen molar-refractivity contribution in [3.8, 4) is 0 Å². The lowest BCUT2D eigenvalue weighted by atomic mass is 9.72. The molecule has 140 valence electrons. The van der Waals surface area contributed by atoms with Crippen LogP contribution in [0.1, 0.15) is 62.7 Å². The largest absolute Gasteiger partial charge is 0.346 e. The van der Waals surface area contributed by atoms with E-state index in [1.165, 1.54) is 41.6 Å². The zero-order valence-corrected chi connectivity index (χ0v) is 17.4. The molecule has 5 rings (SSSR count). The summed E-state index contributed by atoms with van der Waals surface area (Å²) in [6.45, 7) is 13.6. The molecule has 0 radical (unpaired) electrons. The Morgan fingerprint density at radius 1 is 1.19 bits per heavy atom. The van der Waals surface area contributed by atoms with Gasteiger partial charge in [0.25, 0.3) is 5.91 Å². The summed E-state index contributed by atoms with van der Waals surface area (Å²) in [6, 6.07) is 8.88. The average molecular weight is 371 g/mol. The molecule has 1 N–H and O–H groups in total. The summed E-state index contributed by atoms with van der Waals surface area (Å²) in [5.74, 6) is 0.705. The lowest BCUT2D eigenvalue weighted by Crippen LogP contribution is -2.69. The van der Waals surface area contributed by atoms with Crippen molar-refractivity contribution >= 4 is 27.3 Å². The molecule has 0 aliphatic carbocycles. The molecule has 0 spiro atoms. The third kappa shape index (κ3) is 2.97. The van der Waals surface area contributed by atoms with Gasteiger partial charge in [0.1, 0.15) is 0 Å². The summed E-state index contributed by atoms with van der Waals surface area (Å²) in [6.07, 6.45) is 2.41. The first-order valence-corrected chi connectivity index (χ1v) is 10.6. The van der Waals surface area contributed by atoms with Crippen LogP contribution in [0, 0.1) is 5.92 Å². The Morgan fingerprint density at radius 2 is 1.88 bits per heavy atom. The van der Waals surface area contributed by atoms with Crippen LogP contribution in [0.2, 0.25) is 0 Å². The number of carbonyl (C=O) groups excluding carboxylic acids is 1. The minimum atomic E-state index is 0.0485. The zero-order chi connectivity index (χ0) is 18.7. The quantitative estimate of drug-likeness (QED) is 0.823. The van der Waals surface area contributed by atoms with Gasteiger partial charge in [-0.1, -0.05) is 32.9 Å². The molecule has 0 unspecified atom stereocenters. The monoisotopic (exact) mass is 370 g/mol. The van der Waals surface area contributed by atoms with Crippen LogP contribution in [0.15, 0.2) is 24.3 Å². The molecular formula is C22H30N2OS. The Kier molecular flexibility index (Phi) is 4.20. The van der Waals surface area contributed by atoms with Crippen LogP contribution >= 0.6 is 11.3 Å². The fourth-order valence-corrected chi connectivity index (χ4v) is 5.70. The van der Waals surface area contributed by atoms with Gasteiger partial charge >= 0.3 is 0 Å². The Hall–Kier alpha value is -1.39. The van der Waals surface area contributed by atoms with E-state index in [1.54, 1.807) is 11.3 Å². The highest BCUT2D eigenvalue weighted by Gasteiger charge is 2.48. The number of hydrogen-bond acceptors (Lipinski definition) is 3. The second-order valence-electron chi connectivity index (χ2n) is 9.54. The molecule has 1 amide bonds. The SMILES string of the molecule is CC(C)(C)c1ccc2cc(C(=O)N[C@@H]3C4CCN(CC4)C3(C)C)sc2c1. The highest BCUT2D eigenvalue weighted by molar-refractivity contribution is 7.20. The number of rotatable bonds is 2. The highest BCUT2D eigenvalue weighted by Crippen LogP contribution is 2.39. The van der Waals surface area contributed by atoms with E-state index in [0.29, 0.717) is 5.92 Å². The van der Waals surface area contributed by atoms with E-state index < -0.39 is 0 Å². The Morgan fingerprint density at radius 3 is 2.50 bits per heavy atom. The molecule has 3 aliphatic rings. The second-order valence-corrected chi connectivity index (χ2v) is 10.6. The molecule has 2 bridgehead atoms. The molecular weight excluding hydrogens is 340 g/mol. The predicted octanol–water partition coefficient (Wildman–Crippen LogP) is 4.80. The summed E-state index contributed by atoms with van der Waals surface area (Å²) < 4.78 is 1.20. The highest BCUT2D eigenvalue weighted by atomic mass is 32.1. The molecule has 3 aliphatic heterocycles. The number of carbonyl (C=O) groups is 1. The lowest BCUT2D eigenvalue weighted by molar-refractivity contribution is -0.0377. The van der Waals surface area contributed by atoms with Crippen molar-refractivity contribution < 1.29 is 4.79 Å². The van der Waals surface area contributed by atoms with Crippen molar-refractivity contribution in [1.82, 2.24) is 10.2 Å². The molecule has 26 heavy (non-hydrogen) atoms. The van der Waals surface area contributed by atoms with Gasteiger partial charge in [0.15, 0.2) is 0 Å². The molecule has 4 heterocycles. The van der Waals surface area contributed by atoms with E-state index >= 15 is 0 Å². The maximum Gasteiger partial charge on any atom is 0.261 e. The smallest absolute Gasteiger partial charge is 0.261 e. The number of nitrogens with zero attached hydrogens (tertiary/aromatic N) is 1. The first-order valence-electron chi connectivity index (χ1n) is 9.76. The lowest BCUT2D eigenvalue weighted by Gasteiger charge is -2.56. The van der Waals surface area contributed by atoms with E-state index in [0.717, 1.165) is 4.88 Å². The predicted molar refractivity (Wildman–Crippen MR) is 110 cm³/mol. The van der Waals surface area contributed by atoms with Crippen molar-refractivity contribution in [3.63, 3.8) is 0 Å². The Bertz CT molecular complexity index is 837. The van der Waals surface area contributed by atoms with Gasteiger partial charge in [-0.25, -0.2) is 0 Å². The Balaban J connectivity index is 1.58. The van der Waals surface area contributed by atoms with E-state index in [1.807, 2.05) is 0 Å². The zero-order valence-electron chi connectivity index (χ0n) is 16.6. The number of piperidine rings is 3. The van der Waals surface area contributed by atoms with Gasteiger partial charge in [0.05, 0.1) is 4.88 Å². The van der Waals surface area contributed by atoms with Crippen LogP contribution in [0.25, 0.3) is 10.1 Å². The summed E-state index contributed by atoms with van der Waals surface area (Å²) in [4.78, 5) is 16.4. The second kappa shape index (κ2) is 6.07. The van der Waals surface area contributed by atoms with E-state index in [4.69, 9.17) is 0 Å². The molecule has 3 saturated heterocycles. The number of benzene rings is 1. The van der Waals surface area contributed by atoms with Gasteiger partial charge < -0.3 is 5.32 Å². The van der Waals surface area contributed by atoms with Crippen LogP contribution < -0.4 is 5.32 Å². The van der Waals surface area contributed by atoms with Crippen molar-refractivity contribution in [3.05, 3.63) is 34.7 Å². The van der Waals surface area contributed by atoms with E-state index in [2.05, 4.69) is 69.1 Å². The fourth-order valence-electron chi connectivity index (χ4n) is 4.70. The normalized spacial score (nSPS) is 27.7. The third-order valence-electron chi connectivity index (χ3n) is 6.48. The van der Waals surface area contributed by atoms with E-state index in [9.17, 15) is 4.79 Å². The minimum absolute atomic E-state index is 0.0485. The molecule has 2 aromatic rings. The summed E-state index contributed by atoms with van der Waals surface area (Å²) in [7, 11) is 0. The van der Waals surface area contributed by atoms with Gasteiger partial charge in [0, 0.05) is 16.3 Å². The fraction of sp³-hybridized carbons (Fsp3) is 0.591. The van der Waals surface area contributed by atoms with E-state index in [-0.39, 0.29) is 22.9 Å².